The van der Waals surface area contributed by atoms with Gasteiger partial charge < -0.3 is 15.4 Å². The summed E-state index contributed by atoms with van der Waals surface area (Å²) in [6.45, 7) is 1.91. The maximum atomic E-state index is 13.7. The van der Waals surface area contributed by atoms with E-state index in [1.165, 1.54) is 0 Å². The smallest absolute Gasteiger partial charge is 0.236 e. The van der Waals surface area contributed by atoms with Gasteiger partial charge in [0, 0.05) is 26.4 Å². The molecular formula is C24H19BrClN3O2S. The average Bonchev–Trinajstić information content (AvgIpc) is 2.76. The van der Waals surface area contributed by atoms with E-state index in [-0.39, 0.29) is 11.9 Å². The molecule has 0 spiro atoms. The summed E-state index contributed by atoms with van der Waals surface area (Å²) in [7, 11) is 0. The Morgan fingerprint density at radius 2 is 1.81 bits per heavy atom. The van der Waals surface area contributed by atoms with Gasteiger partial charge in [0.2, 0.25) is 5.91 Å². The molecule has 5 rings (SSSR count). The Bertz CT molecular complexity index is 1200. The second kappa shape index (κ2) is 8.06. The van der Waals surface area contributed by atoms with Crippen LogP contribution in [0.4, 0.5) is 11.4 Å². The number of thiocarbonyl (C=S) groups is 1. The number of carbonyl (C=O) groups is 1. The highest BCUT2D eigenvalue weighted by Crippen LogP contribution is 2.49. The molecular weight excluding hydrogens is 510 g/mol. The number of nitrogens with zero attached hydrogens (tertiary/aromatic N) is 1. The van der Waals surface area contributed by atoms with Crippen molar-refractivity contribution in [2.24, 2.45) is 5.92 Å². The quantitative estimate of drug-likeness (QED) is 0.415. The van der Waals surface area contributed by atoms with E-state index in [4.69, 9.17) is 28.6 Å². The van der Waals surface area contributed by atoms with Crippen LogP contribution < -0.4 is 20.3 Å². The van der Waals surface area contributed by atoms with E-state index in [1.54, 1.807) is 24.3 Å². The number of ether oxygens (including phenoxy) is 1. The van der Waals surface area contributed by atoms with Crippen LogP contribution >= 0.6 is 39.7 Å². The monoisotopic (exact) mass is 527 g/mol. The number of halogens is 2. The van der Waals surface area contributed by atoms with E-state index < -0.39 is 11.6 Å². The van der Waals surface area contributed by atoms with Crippen molar-refractivity contribution < 1.29 is 9.53 Å². The highest BCUT2D eigenvalue weighted by Gasteiger charge is 2.59. The van der Waals surface area contributed by atoms with E-state index in [0.717, 1.165) is 21.5 Å². The Morgan fingerprint density at radius 1 is 1.12 bits per heavy atom. The highest BCUT2D eigenvalue weighted by atomic mass is 79.9. The summed E-state index contributed by atoms with van der Waals surface area (Å²) in [6.07, 6.45) is 0. The van der Waals surface area contributed by atoms with Crippen molar-refractivity contribution in [1.29, 1.82) is 0 Å². The van der Waals surface area contributed by atoms with E-state index >= 15 is 0 Å². The second-order valence-electron chi connectivity index (χ2n) is 7.91. The van der Waals surface area contributed by atoms with Crippen LogP contribution in [0, 0.1) is 5.92 Å². The van der Waals surface area contributed by atoms with Crippen molar-refractivity contribution in [3.8, 4) is 5.75 Å². The van der Waals surface area contributed by atoms with Gasteiger partial charge in [-0.1, -0.05) is 45.7 Å². The number of benzene rings is 3. The van der Waals surface area contributed by atoms with Crippen molar-refractivity contribution in [2.45, 2.75) is 18.7 Å². The highest BCUT2D eigenvalue weighted by molar-refractivity contribution is 9.10. The van der Waals surface area contributed by atoms with Crippen LogP contribution in [-0.2, 0) is 4.79 Å². The van der Waals surface area contributed by atoms with Gasteiger partial charge in [0.05, 0.1) is 6.04 Å². The first kappa shape index (κ1) is 21.2. The number of nitrogens with one attached hydrogen (secondary N) is 2. The van der Waals surface area contributed by atoms with Crippen LogP contribution in [0.5, 0.6) is 5.75 Å². The summed E-state index contributed by atoms with van der Waals surface area (Å²) in [6, 6.07) is 22.2. The number of rotatable bonds is 3. The lowest BCUT2D eigenvalue weighted by atomic mass is 9.78. The molecule has 32 heavy (non-hydrogen) atoms. The van der Waals surface area contributed by atoms with Crippen LogP contribution in [0.2, 0.25) is 5.02 Å². The minimum atomic E-state index is -1.05. The number of hydrogen-bond acceptors (Lipinski definition) is 3. The first-order valence-electron chi connectivity index (χ1n) is 10.1. The zero-order chi connectivity index (χ0) is 22.5. The van der Waals surface area contributed by atoms with Gasteiger partial charge in [0.25, 0.3) is 0 Å². The molecule has 1 fully saturated rings. The lowest BCUT2D eigenvalue weighted by Crippen LogP contribution is -2.72. The van der Waals surface area contributed by atoms with Crippen molar-refractivity contribution >= 4 is 62.1 Å². The van der Waals surface area contributed by atoms with Crippen LogP contribution in [-0.4, -0.2) is 16.7 Å². The molecule has 0 unspecified atom stereocenters. The Balaban J connectivity index is 1.60. The predicted octanol–water partition coefficient (Wildman–Crippen LogP) is 5.90. The second-order valence-corrected chi connectivity index (χ2v) is 9.65. The third-order valence-corrected chi connectivity index (χ3v) is 6.97. The third kappa shape index (κ3) is 3.54. The Morgan fingerprint density at radius 3 is 2.53 bits per heavy atom. The molecule has 2 aliphatic rings. The fourth-order valence-electron chi connectivity index (χ4n) is 4.46. The first-order valence-corrected chi connectivity index (χ1v) is 11.7. The summed E-state index contributed by atoms with van der Waals surface area (Å²) in [5.41, 5.74) is 1.35. The van der Waals surface area contributed by atoms with Gasteiger partial charge >= 0.3 is 0 Å². The molecule has 2 aliphatic heterocycles. The lowest BCUT2D eigenvalue weighted by Gasteiger charge is -2.56. The van der Waals surface area contributed by atoms with E-state index in [2.05, 4.69) is 26.6 Å². The first-order chi connectivity index (χ1) is 15.4. The number of fused-ring (bicyclic) bond motifs is 4. The van der Waals surface area contributed by atoms with Gasteiger partial charge in [-0.25, -0.2) is 0 Å². The maximum absolute atomic E-state index is 13.7. The van der Waals surface area contributed by atoms with Crippen LogP contribution in [0.1, 0.15) is 18.5 Å². The van der Waals surface area contributed by atoms with Gasteiger partial charge in [-0.2, -0.15) is 0 Å². The molecule has 8 heteroatoms. The van der Waals surface area contributed by atoms with Crippen LogP contribution in [0.15, 0.2) is 77.3 Å². The molecule has 5 nitrogen and oxygen atoms in total. The molecule has 2 N–H and O–H groups in total. The molecule has 0 radical (unpaired) electrons. The average molecular weight is 529 g/mol. The minimum absolute atomic E-state index is 0.175. The van der Waals surface area contributed by atoms with Gasteiger partial charge in [-0.15, -0.1) is 0 Å². The summed E-state index contributed by atoms with van der Waals surface area (Å²) >= 11 is 15.2. The number of amides is 1. The van der Waals surface area contributed by atoms with Gasteiger partial charge in [-0.3, -0.25) is 9.69 Å². The molecule has 1 amide bonds. The fraction of sp³-hybridized carbons (Fsp3) is 0.167. The number of carbonyl (C=O) groups excluding carboxylic acids is 1. The Hall–Kier alpha value is -2.61. The standard InChI is InChI=1S/C24H19BrClN3O2S/c1-24-20(22(30)27-16-10-8-15(26)9-11-16)21(18-4-2-3-5-19(18)31-24)28-23(32)29(24)17-12-6-14(25)7-13-17/h2-13,20-21H,1H3,(H,27,30)(H,28,32)/t20-,21+,24+/m1/s1. The predicted molar refractivity (Wildman–Crippen MR) is 134 cm³/mol. The maximum Gasteiger partial charge on any atom is 0.236 e. The van der Waals surface area contributed by atoms with E-state index in [0.29, 0.717) is 15.8 Å². The van der Waals surface area contributed by atoms with Gasteiger partial charge in [0.1, 0.15) is 11.7 Å². The van der Waals surface area contributed by atoms with E-state index in [1.807, 2.05) is 60.4 Å². The Kier molecular flexibility index (Phi) is 5.35. The lowest BCUT2D eigenvalue weighted by molar-refractivity contribution is -0.130. The van der Waals surface area contributed by atoms with E-state index in [9.17, 15) is 4.79 Å². The molecule has 3 aromatic rings. The molecule has 3 aromatic carbocycles. The molecule has 0 aliphatic carbocycles. The number of para-hydroxylation sites is 1. The summed E-state index contributed by atoms with van der Waals surface area (Å²) in [5, 5.41) is 7.54. The zero-order valence-corrected chi connectivity index (χ0v) is 20.2. The number of hydrogen-bond donors (Lipinski definition) is 2. The molecule has 0 saturated carbocycles. The Labute approximate surface area is 204 Å². The van der Waals surface area contributed by atoms with Crippen LogP contribution in [0.3, 0.4) is 0 Å². The van der Waals surface area contributed by atoms with Crippen molar-refractivity contribution in [3.05, 3.63) is 87.9 Å². The largest absolute Gasteiger partial charge is 0.467 e. The molecule has 2 bridgehead atoms. The molecule has 162 valence electrons. The zero-order valence-electron chi connectivity index (χ0n) is 17.0. The fourth-order valence-corrected chi connectivity index (χ4v) is 5.27. The summed E-state index contributed by atoms with van der Waals surface area (Å²) in [5.74, 6) is -0.0393. The molecule has 2 heterocycles. The van der Waals surface area contributed by atoms with Gasteiger partial charge in [-0.05, 0) is 73.7 Å². The molecule has 0 aromatic heterocycles. The SMILES string of the molecule is C[C@@]12Oc3ccccc3[C@H](NC(=S)N1c1ccc(Br)cc1)[C@@H]2C(=O)Nc1ccc(Cl)cc1. The minimum Gasteiger partial charge on any atom is -0.467 e. The van der Waals surface area contributed by atoms with Crippen LogP contribution in [0.25, 0.3) is 0 Å². The third-order valence-electron chi connectivity index (χ3n) is 5.89. The van der Waals surface area contributed by atoms with Crippen molar-refractivity contribution in [3.63, 3.8) is 0 Å². The van der Waals surface area contributed by atoms with Crippen molar-refractivity contribution in [2.75, 3.05) is 10.2 Å². The van der Waals surface area contributed by atoms with Gasteiger partial charge in [0.15, 0.2) is 10.8 Å². The number of anilines is 2. The normalized spacial score (nSPS) is 23.6. The topological polar surface area (TPSA) is 53.6 Å². The van der Waals surface area contributed by atoms with Crippen molar-refractivity contribution in [1.82, 2.24) is 5.32 Å². The summed E-state index contributed by atoms with van der Waals surface area (Å²) < 4.78 is 7.50. The summed E-state index contributed by atoms with van der Waals surface area (Å²) in [4.78, 5) is 15.6. The molecule has 1 saturated heterocycles. The molecule has 3 atom stereocenters.